The first-order valence-corrected chi connectivity index (χ1v) is 6.30. The highest BCUT2D eigenvalue weighted by molar-refractivity contribution is 5.78. The molecule has 0 saturated heterocycles. The molecule has 0 saturated carbocycles. The maximum atomic E-state index is 11.9. The van der Waals surface area contributed by atoms with Crippen LogP contribution in [0.5, 0.6) is 0 Å². The van der Waals surface area contributed by atoms with Gasteiger partial charge in [0.25, 0.3) is 5.56 Å². The number of benzene rings is 1. The minimum Gasteiger partial charge on any atom is -0.308 e. The Bertz CT molecular complexity index is 634. The van der Waals surface area contributed by atoms with Gasteiger partial charge in [0.1, 0.15) is 0 Å². The third-order valence-corrected chi connectivity index (χ3v) is 3.10. The van der Waals surface area contributed by atoms with E-state index in [9.17, 15) is 9.59 Å². The van der Waals surface area contributed by atoms with Crippen LogP contribution >= 0.6 is 0 Å². The third kappa shape index (κ3) is 3.20. The van der Waals surface area contributed by atoms with Gasteiger partial charge in [-0.05, 0) is 30.4 Å². The molecule has 1 heterocycles. The second-order valence-electron chi connectivity index (χ2n) is 4.41. The van der Waals surface area contributed by atoms with Crippen molar-refractivity contribution >= 4 is 16.8 Å². The number of para-hydroxylation sites is 1. The largest absolute Gasteiger partial charge is 0.308 e. The van der Waals surface area contributed by atoms with E-state index in [1.165, 1.54) is 0 Å². The SMILES string of the molecule is NNC(=O)CCCCn1c(=O)ccc2ccccc21. The molecule has 1 aromatic heterocycles. The summed E-state index contributed by atoms with van der Waals surface area (Å²) in [6.07, 6.45) is 1.86. The van der Waals surface area contributed by atoms with E-state index < -0.39 is 0 Å². The van der Waals surface area contributed by atoms with Crippen LogP contribution in [0.3, 0.4) is 0 Å². The maximum absolute atomic E-state index is 11.9. The van der Waals surface area contributed by atoms with Gasteiger partial charge in [-0.2, -0.15) is 0 Å². The van der Waals surface area contributed by atoms with E-state index in [1.54, 1.807) is 10.6 Å². The Balaban J connectivity index is 2.10. The molecule has 0 radical (unpaired) electrons. The molecule has 1 amide bonds. The van der Waals surface area contributed by atoms with Gasteiger partial charge in [0, 0.05) is 19.0 Å². The lowest BCUT2D eigenvalue weighted by atomic mass is 10.2. The monoisotopic (exact) mass is 259 g/mol. The highest BCUT2D eigenvalue weighted by atomic mass is 16.2. The third-order valence-electron chi connectivity index (χ3n) is 3.10. The van der Waals surface area contributed by atoms with Gasteiger partial charge in [-0.15, -0.1) is 0 Å². The smallest absolute Gasteiger partial charge is 0.251 e. The number of unbranched alkanes of at least 4 members (excludes halogenated alkanes) is 1. The number of hydrazine groups is 1. The van der Waals surface area contributed by atoms with Crippen LogP contribution in [0.15, 0.2) is 41.2 Å². The van der Waals surface area contributed by atoms with Gasteiger partial charge < -0.3 is 4.57 Å². The topological polar surface area (TPSA) is 77.1 Å². The van der Waals surface area contributed by atoms with Crippen LogP contribution in [0.2, 0.25) is 0 Å². The molecule has 0 aliphatic rings. The minimum absolute atomic E-state index is 0.0121. The zero-order valence-electron chi connectivity index (χ0n) is 10.6. The van der Waals surface area contributed by atoms with E-state index in [0.717, 1.165) is 17.3 Å². The number of aryl methyl sites for hydroxylation is 1. The fraction of sp³-hybridized carbons (Fsp3) is 0.286. The molecule has 100 valence electrons. The van der Waals surface area contributed by atoms with Gasteiger partial charge in [0.05, 0.1) is 5.52 Å². The molecule has 0 unspecified atom stereocenters. The summed E-state index contributed by atoms with van der Waals surface area (Å²) in [4.78, 5) is 22.9. The van der Waals surface area contributed by atoms with Gasteiger partial charge in [0.15, 0.2) is 0 Å². The van der Waals surface area contributed by atoms with Crippen molar-refractivity contribution in [2.75, 3.05) is 0 Å². The van der Waals surface area contributed by atoms with E-state index in [1.807, 2.05) is 30.3 Å². The van der Waals surface area contributed by atoms with E-state index in [2.05, 4.69) is 5.43 Å². The zero-order chi connectivity index (χ0) is 13.7. The van der Waals surface area contributed by atoms with E-state index in [-0.39, 0.29) is 11.5 Å². The van der Waals surface area contributed by atoms with Gasteiger partial charge in [-0.25, -0.2) is 5.84 Å². The number of aromatic nitrogens is 1. The number of carbonyl (C=O) groups is 1. The van der Waals surface area contributed by atoms with Crippen LogP contribution in [-0.2, 0) is 11.3 Å². The fourth-order valence-corrected chi connectivity index (χ4v) is 2.10. The Morgan fingerprint density at radius 3 is 2.74 bits per heavy atom. The molecule has 5 nitrogen and oxygen atoms in total. The zero-order valence-corrected chi connectivity index (χ0v) is 10.6. The first-order chi connectivity index (χ1) is 9.22. The Labute approximate surface area is 111 Å². The number of nitrogens with zero attached hydrogens (tertiary/aromatic N) is 1. The summed E-state index contributed by atoms with van der Waals surface area (Å²) < 4.78 is 1.75. The van der Waals surface area contributed by atoms with Crippen molar-refractivity contribution in [1.29, 1.82) is 0 Å². The molecule has 0 aliphatic heterocycles. The van der Waals surface area contributed by atoms with Gasteiger partial charge in [-0.3, -0.25) is 15.0 Å². The number of pyridine rings is 1. The Morgan fingerprint density at radius 1 is 1.16 bits per heavy atom. The van der Waals surface area contributed by atoms with Gasteiger partial charge >= 0.3 is 0 Å². The van der Waals surface area contributed by atoms with Crippen molar-refractivity contribution in [3.8, 4) is 0 Å². The van der Waals surface area contributed by atoms with Crippen LogP contribution in [-0.4, -0.2) is 10.5 Å². The Morgan fingerprint density at radius 2 is 1.95 bits per heavy atom. The molecular weight excluding hydrogens is 242 g/mol. The first kappa shape index (κ1) is 13.3. The summed E-state index contributed by atoms with van der Waals surface area (Å²) in [6, 6.07) is 11.2. The molecule has 0 aliphatic carbocycles. The lowest BCUT2D eigenvalue weighted by Gasteiger charge is -2.09. The summed E-state index contributed by atoms with van der Waals surface area (Å²) in [6.45, 7) is 0.609. The highest BCUT2D eigenvalue weighted by Gasteiger charge is 2.03. The van der Waals surface area contributed by atoms with E-state index in [0.29, 0.717) is 19.4 Å². The van der Waals surface area contributed by atoms with Crippen LogP contribution in [0.4, 0.5) is 0 Å². The molecular formula is C14H17N3O2. The molecule has 2 rings (SSSR count). The average Bonchev–Trinajstić information content (AvgIpc) is 2.45. The Kier molecular flexibility index (Phi) is 4.30. The highest BCUT2D eigenvalue weighted by Crippen LogP contribution is 2.11. The number of nitrogens with two attached hydrogens (primary N) is 1. The predicted molar refractivity (Wildman–Crippen MR) is 74.4 cm³/mol. The summed E-state index contributed by atoms with van der Waals surface area (Å²) in [5.74, 6) is 4.83. The molecule has 1 aromatic carbocycles. The van der Waals surface area contributed by atoms with Crippen LogP contribution in [0, 0.1) is 0 Å². The number of hydrogen-bond acceptors (Lipinski definition) is 3. The standard InChI is InChI=1S/C14H17N3O2/c15-16-13(18)7-3-4-10-17-12-6-2-1-5-11(12)8-9-14(17)19/h1-2,5-6,8-9H,3-4,7,10,15H2,(H,16,18). The second kappa shape index (κ2) is 6.15. The summed E-state index contributed by atoms with van der Waals surface area (Å²) in [5.41, 5.74) is 3.01. The molecule has 0 fully saturated rings. The molecule has 3 N–H and O–H groups in total. The minimum atomic E-state index is -0.176. The Hall–Kier alpha value is -2.14. The molecule has 5 heteroatoms. The second-order valence-corrected chi connectivity index (χ2v) is 4.41. The van der Waals surface area contributed by atoms with E-state index in [4.69, 9.17) is 5.84 Å². The normalized spacial score (nSPS) is 10.6. The van der Waals surface area contributed by atoms with Crippen molar-refractivity contribution in [1.82, 2.24) is 9.99 Å². The van der Waals surface area contributed by atoms with Crippen molar-refractivity contribution in [3.05, 3.63) is 46.8 Å². The summed E-state index contributed by atoms with van der Waals surface area (Å²) in [5, 5.41) is 1.04. The van der Waals surface area contributed by atoms with Crippen molar-refractivity contribution < 1.29 is 4.79 Å². The van der Waals surface area contributed by atoms with Crippen molar-refractivity contribution in [2.24, 2.45) is 5.84 Å². The quantitative estimate of drug-likeness (QED) is 0.366. The number of carbonyl (C=O) groups excluding carboxylic acids is 1. The summed E-state index contributed by atoms with van der Waals surface area (Å²) in [7, 11) is 0. The van der Waals surface area contributed by atoms with Crippen LogP contribution in [0.1, 0.15) is 19.3 Å². The van der Waals surface area contributed by atoms with E-state index >= 15 is 0 Å². The molecule has 0 spiro atoms. The molecule has 0 atom stereocenters. The van der Waals surface area contributed by atoms with Crippen molar-refractivity contribution in [3.63, 3.8) is 0 Å². The van der Waals surface area contributed by atoms with Crippen LogP contribution in [0.25, 0.3) is 10.9 Å². The lowest BCUT2D eigenvalue weighted by molar-refractivity contribution is -0.121. The number of amides is 1. The maximum Gasteiger partial charge on any atom is 0.251 e. The average molecular weight is 259 g/mol. The molecule has 2 aromatic rings. The number of rotatable bonds is 5. The predicted octanol–water partition coefficient (Wildman–Crippen LogP) is 1.16. The molecule has 19 heavy (non-hydrogen) atoms. The number of hydrogen-bond donors (Lipinski definition) is 2. The lowest BCUT2D eigenvalue weighted by Crippen LogP contribution is -2.29. The molecule has 0 bridgehead atoms. The summed E-state index contributed by atoms with van der Waals surface area (Å²) >= 11 is 0. The number of nitrogens with one attached hydrogen (secondary N) is 1. The van der Waals surface area contributed by atoms with Crippen LogP contribution < -0.4 is 16.8 Å². The van der Waals surface area contributed by atoms with Crippen molar-refractivity contribution in [2.45, 2.75) is 25.8 Å². The fourth-order valence-electron chi connectivity index (χ4n) is 2.10. The first-order valence-electron chi connectivity index (χ1n) is 6.30. The van der Waals surface area contributed by atoms with Gasteiger partial charge in [-0.1, -0.05) is 18.2 Å². The number of fused-ring (bicyclic) bond motifs is 1. The van der Waals surface area contributed by atoms with Gasteiger partial charge in [0.2, 0.25) is 5.91 Å².